The van der Waals surface area contributed by atoms with Gasteiger partial charge in [-0.05, 0) is 24.2 Å². The van der Waals surface area contributed by atoms with Crippen molar-refractivity contribution in [3.63, 3.8) is 0 Å². The molecule has 5 heteroatoms. The summed E-state index contributed by atoms with van der Waals surface area (Å²) in [5, 5.41) is 0.0331. The molecule has 1 atom stereocenters. The van der Waals surface area contributed by atoms with Gasteiger partial charge in [-0.15, -0.1) is 0 Å². The minimum atomic E-state index is -2.06. The van der Waals surface area contributed by atoms with E-state index in [9.17, 15) is 4.79 Å². The molecule has 0 amide bonds. The summed E-state index contributed by atoms with van der Waals surface area (Å²) in [7, 11) is -0.716. The topological polar surface area (TPSA) is 48.7 Å². The Balaban J connectivity index is 3.08. The Morgan fingerprint density at radius 1 is 1.40 bits per heavy atom. The molecule has 0 saturated heterocycles. The number of rotatable bonds is 5. The van der Waals surface area contributed by atoms with Gasteiger partial charge in [-0.25, -0.2) is 4.79 Å². The Hall–Kier alpha value is -1.33. The molecule has 1 rings (SSSR count). The summed E-state index contributed by atoms with van der Waals surface area (Å²) in [6.45, 7) is 14.5. The zero-order valence-electron chi connectivity index (χ0n) is 13.1. The van der Waals surface area contributed by atoms with Gasteiger partial charge in [0.1, 0.15) is 6.10 Å². The highest BCUT2D eigenvalue weighted by atomic mass is 28.4. The van der Waals surface area contributed by atoms with Gasteiger partial charge in [0.25, 0.3) is 0 Å². The van der Waals surface area contributed by atoms with Crippen LogP contribution in [0, 0.1) is 0 Å². The predicted molar refractivity (Wildman–Crippen MR) is 80.9 cm³/mol. The summed E-state index contributed by atoms with van der Waals surface area (Å²) < 4.78 is 16.2. The van der Waals surface area contributed by atoms with E-state index in [1.54, 1.807) is 18.6 Å². The highest BCUT2D eigenvalue weighted by molar-refractivity contribution is 6.74. The van der Waals surface area contributed by atoms with Crippen LogP contribution in [-0.4, -0.2) is 21.4 Å². The lowest BCUT2D eigenvalue weighted by Gasteiger charge is -2.39. The first-order chi connectivity index (χ1) is 9.10. The largest absolute Gasteiger partial charge is 0.472 e. The molecule has 0 aromatic carbocycles. The second kappa shape index (κ2) is 5.97. The van der Waals surface area contributed by atoms with E-state index in [0.717, 1.165) is 5.56 Å². The van der Waals surface area contributed by atoms with Crippen molar-refractivity contribution in [2.24, 2.45) is 0 Å². The predicted octanol–water partition coefficient (Wildman–Crippen LogP) is 4.07. The van der Waals surface area contributed by atoms with Crippen LogP contribution >= 0.6 is 0 Å². The molecule has 4 nitrogen and oxygen atoms in total. The van der Waals surface area contributed by atoms with Crippen LogP contribution in [0.2, 0.25) is 18.1 Å². The van der Waals surface area contributed by atoms with Gasteiger partial charge < -0.3 is 13.6 Å². The third-order valence-electron chi connectivity index (χ3n) is 3.83. The molecular weight excluding hydrogens is 272 g/mol. The molecule has 1 unspecified atom stereocenters. The molecule has 0 radical (unpaired) electrons. The van der Waals surface area contributed by atoms with Crippen molar-refractivity contribution >= 4 is 14.3 Å². The van der Waals surface area contributed by atoms with E-state index in [2.05, 4.69) is 40.4 Å². The van der Waals surface area contributed by atoms with E-state index in [0.29, 0.717) is 5.57 Å². The Kier molecular flexibility index (Phi) is 4.99. The number of carbonyl (C=O) groups is 1. The van der Waals surface area contributed by atoms with Crippen LogP contribution in [0.25, 0.3) is 0 Å². The molecule has 0 saturated carbocycles. The fourth-order valence-corrected chi connectivity index (χ4v) is 2.70. The summed E-state index contributed by atoms with van der Waals surface area (Å²) >= 11 is 0. The number of hydrogen-bond acceptors (Lipinski definition) is 4. The minimum absolute atomic E-state index is 0.0331. The smallest absolute Gasteiger partial charge is 0.336 e. The second-order valence-electron chi connectivity index (χ2n) is 6.33. The fraction of sp³-hybridized carbons (Fsp3) is 0.533. The van der Waals surface area contributed by atoms with E-state index in [1.807, 2.05) is 0 Å². The summed E-state index contributed by atoms with van der Waals surface area (Å²) in [6, 6.07) is 1.78. The molecule has 0 bridgehead atoms. The molecule has 0 N–H and O–H groups in total. The molecule has 0 spiro atoms. The number of carbonyl (C=O) groups excluding carboxylic acids is 1. The molecule has 112 valence electrons. The van der Waals surface area contributed by atoms with Crippen LogP contribution in [0.5, 0.6) is 0 Å². The summed E-state index contributed by atoms with van der Waals surface area (Å²) in [5.41, 5.74) is 1.07. The molecule has 1 aromatic rings. The Morgan fingerprint density at radius 3 is 2.40 bits per heavy atom. The van der Waals surface area contributed by atoms with E-state index >= 15 is 0 Å². The van der Waals surface area contributed by atoms with Crippen LogP contribution in [0.15, 0.2) is 35.2 Å². The quantitative estimate of drug-likeness (QED) is 0.467. The summed E-state index contributed by atoms with van der Waals surface area (Å²) in [5.74, 6) is -0.463. The maximum Gasteiger partial charge on any atom is 0.336 e. The Labute approximate surface area is 121 Å². The lowest BCUT2D eigenvalue weighted by atomic mass is 10.1. The highest BCUT2D eigenvalue weighted by Gasteiger charge is 2.41. The average molecular weight is 296 g/mol. The van der Waals surface area contributed by atoms with Crippen molar-refractivity contribution in [1.29, 1.82) is 0 Å². The van der Waals surface area contributed by atoms with Crippen LogP contribution < -0.4 is 0 Å². The molecule has 1 aromatic heterocycles. The van der Waals surface area contributed by atoms with E-state index in [1.165, 1.54) is 7.11 Å². The minimum Gasteiger partial charge on any atom is -0.472 e. The van der Waals surface area contributed by atoms with Gasteiger partial charge >= 0.3 is 5.97 Å². The summed E-state index contributed by atoms with van der Waals surface area (Å²) in [6.07, 6.45) is 2.61. The van der Waals surface area contributed by atoms with E-state index < -0.39 is 20.4 Å². The lowest BCUT2D eigenvalue weighted by Crippen LogP contribution is -2.42. The number of hydrogen-bond donors (Lipinski definition) is 0. The Morgan fingerprint density at radius 2 is 2.00 bits per heavy atom. The number of methoxy groups -OCH3 is 1. The van der Waals surface area contributed by atoms with Crippen molar-refractivity contribution in [2.45, 2.75) is 45.0 Å². The number of furan rings is 1. The zero-order valence-corrected chi connectivity index (χ0v) is 14.1. The van der Waals surface area contributed by atoms with Crippen LogP contribution in [0.3, 0.4) is 0 Å². The normalized spacial score (nSPS) is 13.9. The van der Waals surface area contributed by atoms with Crippen molar-refractivity contribution in [2.75, 3.05) is 7.11 Å². The number of ether oxygens (including phenoxy) is 1. The lowest BCUT2D eigenvalue weighted by molar-refractivity contribution is -0.137. The third kappa shape index (κ3) is 3.61. The van der Waals surface area contributed by atoms with Gasteiger partial charge in [0.05, 0.1) is 25.2 Å². The van der Waals surface area contributed by atoms with Crippen molar-refractivity contribution in [1.82, 2.24) is 0 Å². The molecule has 1 heterocycles. The fourth-order valence-electron chi connectivity index (χ4n) is 1.47. The molecule has 20 heavy (non-hydrogen) atoms. The first kappa shape index (κ1) is 16.7. The average Bonchev–Trinajstić information content (AvgIpc) is 2.86. The van der Waals surface area contributed by atoms with Gasteiger partial charge in [-0.2, -0.15) is 0 Å². The van der Waals surface area contributed by atoms with E-state index in [4.69, 9.17) is 13.6 Å². The second-order valence-corrected chi connectivity index (χ2v) is 11.1. The van der Waals surface area contributed by atoms with Crippen molar-refractivity contribution in [3.8, 4) is 0 Å². The summed E-state index contributed by atoms with van der Waals surface area (Å²) in [4.78, 5) is 11.8. The van der Waals surface area contributed by atoms with Gasteiger partial charge in [0.15, 0.2) is 8.32 Å². The van der Waals surface area contributed by atoms with Gasteiger partial charge in [-0.3, -0.25) is 0 Å². The van der Waals surface area contributed by atoms with Crippen LogP contribution in [-0.2, 0) is 14.0 Å². The first-order valence-electron chi connectivity index (χ1n) is 6.57. The maximum atomic E-state index is 11.8. The molecule has 0 fully saturated rings. The van der Waals surface area contributed by atoms with Gasteiger partial charge in [0.2, 0.25) is 0 Å². The van der Waals surface area contributed by atoms with Crippen molar-refractivity contribution < 1.29 is 18.4 Å². The molecule has 0 aliphatic heterocycles. The standard InChI is InChI=1S/C15H24O4Si/c1-11(14(16)17-5)13(12-8-9-18-10-12)19-20(6,7)15(2,3)4/h8-10,13H,1H2,2-7H3. The van der Waals surface area contributed by atoms with Gasteiger partial charge in [-0.1, -0.05) is 27.4 Å². The molecular formula is C15H24O4Si. The first-order valence-corrected chi connectivity index (χ1v) is 9.48. The Bertz CT molecular complexity index is 469. The monoisotopic (exact) mass is 296 g/mol. The molecule has 0 aliphatic rings. The highest BCUT2D eigenvalue weighted by Crippen LogP contribution is 2.41. The third-order valence-corrected chi connectivity index (χ3v) is 8.27. The van der Waals surface area contributed by atoms with Crippen molar-refractivity contribution in [3.05, 3.63) is 36.3 Å². The number of esters is 1. The van der Waals surface area contributed by atoms with Gasteiger partial charge in [0, 0.05) is 5.56 Å². The molecule has 0 aliphatic carbocycles. The SMILES string of the molecule is C=C(C(=O)OC)C(O[Si](C)(C)C(C)(C)C)c1ccoc1. The van der Waals surface area contributed by atoms with Crippen LogP contribution in [0.4, 0.5) is 0 Å². The van der Waals surface area contributed by atoms with E-state index in [-0.39, 0.29) is 5.04 Å². The maximum absolute atomic E-state index is 11.8. The van der Waals surface area contributed by atoms with Crippen LogP contribution in [0.1, 0.15) is 32.4 Å². The zero-order chi connectivity index (χ0) is 15.6.